The Morgan fingerprint density at radius 2 is 1.12 bits per heavy atom. The second-order valence-electron chi connectivity index (χ2n) is 6.83. The van der Waals surface area contributed by atoms with Gasteiger partial charge < -0.3 is 38.1 Å². The number of nitrogens with one attached hydrogen (secondary N) is 1. The van der Waals surface area contributed by atoms with Crippen molar-refractivity contribution in [3.05, 3.63) is 0 Å². The molecule has 2 aliphatic heterocycles. The highest BCUT2D eigenvalue weighted by Gasteiger charge is 2.28. The molecule has 2 aliphatic rings. The predicted octanol–water partition coefficient (Wildman–Crippen LogP) is -1.94. The van der Waals surface area contributed by atoms with Crippen LogP contribution in [0, 0.1) is 0 Å². The predicted molar refractivity (Wildman–Crippen MR) is 102 cm³/mol. The molecule has 2 saturated heterocycles. The summed E-state index contributed by atoms with van der Waals surface area (Å²) >= 11 is 0. The largest absolute Gasteiger partial charge is 0.357 e. The van der Waals surface area contributed by atoms with Gasteiger partial charge in [0.25, 0.3) is 0 Å². The van der Waals surface area contributed by atoms with E-state index in [0.29, 0.717) is 44.0 Å². The van der Waals surface area contributed by atoms with Crippen molar-refractivity contribution in [1.82, 2.24) is 15.0 Å². The number of aromatic nitrogens is 3. The lowest BCUT2D eigenvalue weighted by molar-refractivity contribution is 0.441. The molecule has 4 atom stereocenters. The van der Waals surface area contributed by atoms with E-state index in [-0.39, 0.29) is 36.6 Å². The van der Waals surface area contributed by atoms with Crippen LogP contribution in [0.4, 0.5) is 17.8 Å². The van der Waals surface area contributed by atoms with Crippen LogP contribution in [0.1, 0.15) is 12.8 Å². The molecule has 0 aliphatic carbocycles. The van der Waals surface area contributed by atoms with Gasteiger partial charge in [0.05, 0.1) is 0 Å². The van der Waals surface area contributed by atoms with E-state index < -0.39 is 0 Å². The zero-order valence-electron chi connectivity index (χ0n) is 14.5. The number of nitrogens with two attached hydrogens (primary N) is 4. The Morgan fingerprint density at radius 3 is 1.44 bits per heavy atom. The summed E-state index contributed by atoms with van der Waals surface area (Å²) in [4.78, 5) is 17.6. The van der Waals surface area contributed by atoms with Crippen LogP contribution >= 0.6 is 12.4 Å². The fourth-order valence-corrected chi connectivity index (χ4v) is 3.43. The Balaban J connectivity index is 0.00000225. The Morgan fingerprint density at radius 1 is 0.760 bits per heavy atom. The number of hydrogen-bond donors (Lipinski definition) is 5. The summed E-state index contributed by atoms with van der Waals surface area (Å²) in [5.74, 6) is 1.68. The van der Waals surface area contributed by atoms with Crippen molar-refractivity contribution < 1.29 is 0 Å². The molecule has 0 saturated carbocycles. The number of nitrogens with zero attached hydrogens (tertiary/aromatic N) is 5. The first-order chi connectivity index (χ1) is 11.4. The minimum atomic E-state index is 0. The van der Waals surface area contributed by atoms with Crippen LogP contribution in [-0.4, -0.2) is 72.3 Å². The van der Waals surface area contributed by atoms with Crippen LogP contribution in [-0.2, 0) is 0 Å². The summed E-state index contributed by atoms with van der Waals surface area (Å²) < 4.78 is 0. The zero-order chi connectivity index (χ0) is 17.3. The van der Waals surface area contributed by atoms with Gasteiger partial charge in [0.15, 0.2) is 0 Å². The smallest absolute Gasteiger partial charge is 0.232 e. The quantitative estimate of drug-likeness (QED) is 0.403. The second kappa shape index (κ2) is 8.28. The van der Waals surface area contributed by atoms with E-state index in [1.54, 1.807) is 7.05 Å². The van der Waals surface area contributed by atoms with Gasteiger partial charge in [-0.05, 0) is 12.8 Å². The lowest BCUT2D eigenvalue weighted by Crippen LogP contribution is -2.54. The number of rotatable bonds is 3. The van der Waals surface area contributed by atoms with E-state index in [1.165, 1.54) is 0 Å². The molecule has 11 heteroatoms. The Kier molecular flexibility index (Phi) is 6.58. The van der Waals surface area contributed by atoms with Crippen LogP contribution in [0.15, 0.2) is 0 Å². The third-order valence-electron chi connectivity index (χ3n) is 4.43. The highest BCUT2D eigenvalue weighted by Crippen LogP contribution is 2.21. The summed E-state index contributed by atoms with van der Waals surface area (Å²) in [6, 6.07) is 0.0697. The summed E-state index contributed by atoms with van der Waals surface area (Å²) in [5.41, 5.74) is 24.4. The van der Waals surface area contributed by atoms with Gasteiger partial charge in [0.1, 0.15) is 0 Å². The summed E-state index contributed by atoms with van der Waals surface area (Å²) in [5, 5.41) is 2.99. The lowest BCUT2D eigenvalue weighted by Gasteiger charge is -2.36. The topological polar surface area (TPSA) is 161 Å². The minimum absolute atomic E-state index is 0. The number of halogens is 1. The summed E-state index contributed by atoms with van der Waals surface area (Å²) in [6.45, 7) is 2.72. The molecule has 1 aromatic heterocycles. The third-order valence-corrected chi connectivity index (χ3v) is 4.43. The molecule has 3 heterocycles. The Hall–Kier alpha value is -1.46. The highest BCUT2D eigenvalue weighted by atomic mass is 35.5. The monoisotopic (exact) mass is 372 g/mol. The van der Waals surface area contributed by atoms with Crippen molar-refractivity contribution >= 4 is 30.3 Å². The molecule has 0 aromatic carbocycles. The van der Waals surface area contributed by atoms with Gasteiger partial charge in [0.2, 0.25) is 17.8 Å². The zero-order valence-corrected chi connectivity index (χ0v) is 15.3. The first-order valence-corrected chi connectivity index (χ1v) is 8.40. The highest BCUT2D eigenvalue weighted by molar-refractivity contribution is 5.85. The standard InChI is InChI=1S/C14H28N10.ClH/c1-19-12-20-13(23-4-8(15)2-9(16)5-23)22-14(21-12)24-6-10(17)3-11(18)7-24;/h8-11H,2-7,15-18H2,1H3,(H,19,20,21,22);1H/t8-,9+,10-,11+;. The molecule has 10 nitrogen and oxygen atoms in total. The van der Waals surface area contributed by atoms with E-state index >= 15 is 0 Å². The SMILES string of the molecule is CNc1nc(N2C[C@H](N)C[C@H](N)C2)nc(N2C[C@H](N)C[C@H](N)C2)n1.Cl. The molecule has 0 amide bonds. The van der Waals surface area contributed by atoms with Gasteiger partial charge in [-0.2, -0.15) is 15.0 Å². The fraction of sp³-hybridized carbons (Fsp3) is 0.786. The van der Waals surface area contributed by atoms with E-state index in [9.17, 15) is 0 Å². The molecular weight excluding hydrogens is 344 g/mol. The summed E-state index contributed by atoms with van der Waals surface area (Å²) in [6.07, 6.45) is 1.62. The van der Waals surface area contributed by atoms with Gasteiger partial charge >= 0.3 is 0 Å². The minimum Gasteiger partial charge on any atom is -0.357 e. The van der Waals surface area contributed by atoms with Gasteiger partial charge in [-0.1, -0.05) is 0 Å². The van der Waals surface area contributed by atoms with Gasteiger partial charge in [0, 0.05) is 57.4 Å². The average Bonchev–Trinajstić information content (AvgIpc) is 2.52. The molecular formula is C14H29ClN10. The van der Waals surface area contributed by atoms with E-state index in [2.05, 4.69) is 20.3 Å². The van der Waals surface area contributed by atoms with E-state index in [0.717, 1.165) is 12.8 Å². The van der Waals surface area contributed by atoms with Crippen LogP contribution in [0.25, 0.3) is 0 Å². The van der Waals surface area contributed by atoms with Crippen molar-refractivity contribution in [3.8, 4) is 0 Å². The molecule has 142 valence electrons. The number of piperidine rings is 2. The molecule has 2 fully saturated rings. The van der Waals surface area contributed by atoms with Crippen LogP contribution < -0.4 is 38.1 Å². The second-order valence-corrected chi connectivity index (χ2v) is 6.83. The van der Waals surface area contributed by atoms with Crippen LogP contribution in [0.5, 0.6) is 0 Å². The molecule has 25 heavy (non-hydrogen) atoms. The number of anilines is 3. The van der Waals surface area contributed by atoms with Crippen molar-refractivity contribution in [2.45, 2.75) is 37.0 Å². The first-order valence-electron chi connectivity index (χ1n) is 8.40. The number of hydrogen-bond acceptors (Lipinski definition) is 10. The maximum absolute atomic E-state index is 6.09. The van der Waals surface area contributed by atoms with E-state index in [4.69, 9.17) is 22.9 Å². The summed E-state index contributed by atoms with van der Waals surface area (Å²) in [7, 11) is 1.78. The van der Waals surface area contributed by atoms with Gasteiger partial charge in [-0.25, -0.2) is 0 Å². The third kappa shape index (κ3) is 4.79. The van der Waals surface area contributed by atoms with Crippen molar-refractivity contribution in [1.29, 1.82) is 0 Å². The molecule has 0 unspecified atom stereocenters. The van der Waals surface area contributed by atoms with Crippen molar-refractivity contribution in [2.75, 3.05) is 48.3 Å². The van der Waals surface area contributed by atoms with Crippen molar-refractivity contribution in [3.63, 3.8) is 0 Å². The van der Waals surface area contributed by atoms with Gasteiger partial charge in [-0.15, -0.1) is 12.4 Å². The normalized spacial score (nSPS) is 30.0. The molecule has 3 rings (SSSR count). The lowest BCUT2D eigenvalue weighted by atomic mass is 10.0. The first kappa shape index (κ1) is 19.9. The van der Waals surface area contributed by atoms with Gasteiger partial charge in [-0.3, -0.25) is 0 Å². The van der Waals surface area contributed by atoms with Crippen molar-refractivity contribution in [2.24, 2.45) is 22.9 Å². The Labute approximate surface area is 154 Å². The molecule has 0 bridgehead atoms. The maximum Gasteiger partial charge on any atom is 0.232 e. The Bertz CT molecular complexity index is 508. The molecule has 1 aromatic rings. The van der Waals surface area contributed by atoms with Crippen LogP contribution in [0.3, 0.4) is 0 Å². The fourth-order valence-electron chi connectivity index (χ4n) is 3.43. The molecule has 9 N–H and O–H groups in total. The van der Waals surface area contributed by atoms with E-state index in [1.807, 2.05) is 9.80 Å². The maximum atomic E-state index is 6.09. The van der Waals surface area contributed by atoms with Crippen LogP contribution in [0.2, 0.25) is 0 Å². The average molecular weight is 373 g/mol. The molecule has 0 spiro atoms. The molecule has 0 radical (unpaired) electrons.